The van der Waals surface area contributed by atoms with Gasteiger partial charge in [-0.3, -0.25) is 9.59 Å². The van der Waals surface area contributed by atoms with Crippen molar-refractivity contribution in [1.29, 1.82) is 0 Å². The van der Waals surface area contributed by atoms with Crippen molar-refractivity contribution < 1.29 is 4.79 Å². The van der Waals surface area contributed by atoms with Gasteiger partial charge in [0.2, 0.25) is 5.91 Å². The van der Waals surface area contributed by atoms with Crippen molar-refractivity contribution in [1.82, 2.24) is 15.1 Å². The fraction of sp³-hybridized carbons (Fsp3) is 0.125. The SMILES string of the molecule is O=C(Cn1nc(-c2cccc3ccccc23)ccc1=O)NCCc1ccccc1. The number of amides is 1. The Morgan fingerprint density at radius 1 is 0.862 bits per heavy atom. The molecule has 0 fully saturated rings. The number of fused-ring (bicyclic) bond motifs is 1. The molecule has 0 saturated carbocycles. The summed E-state index contributed by atoms with van der Waals surface area (Å²) in [4.78, 5) is 24.5. The van der Waals surface area contributed by atoms with Gasteiger partial charge in [-0.25, -0.2) is 4.68 Å². The number of aromatic nitrogens is 2. The number of carbonyl (C=O) groups excluding carboxylic acids is 1. The molecule has 1 heterocycles. The first-order chi connectivity index (χ1) is 14.2. The van der Waals surface area contributed by atoms with Crippen molar-refractivity contribution in [3.05, 3.63) is 101 Å². The third-order valence-corrected chi connectivity index (χ3v) is 4.80. The van der Waals surface area contributed by atoms with Gasteiger partial charge in [0, 0.05) is 18.2 Å². The molecule has 0 bridgehead atoms. The van der Waals surface area contributed by atoms with Crippen molar-refractivity contribution in [2.45, 2.75) is 13.0 Å². The average Bonchev–Trinajstić information content (AvgIpc) is 2.76. The second-order valence-electron chi connectivity index (χ2n) is 6.83. The van der Waals surface area contributed by atoms with E-state index < -0.39 is 0 Å². The van der Waals surface area contributed by atoms with Crippen LogP contribution in [-0.2, 0) is 17.8 Å². The number of hydrogen-bond donors (Lipinski definition) is 1. The minimum absolute atomic E-state index is 0.105. The summed E-state index contributed by atoms with van der Waals surface area (Å²) >= 11 is 0. The maximum atomic E-state index is 12.3. The van der Waals surface area contributed by atoms with E-state index in [0.29, 0.717) is 12.2 Å². The van der Waals surface area contributed by atoms with Crippen LogP contribution in [0.2, 0.25) is 0 Å². The molecule has 1 N–H and O–H groups in total. The maximum absolute atomic E-state index is 12.3. The minimum atomic E-state index is -0.299. The van der Waals surface area contributed by atoms with E-state index >= 15 is 0 Å². The molecular weight excluding hydrogens is 362 g/mol. The molecule has 4 aromatic rings. The molecule has 0 aliphatic carbocycles. The first-order valence-electron chi connectivity index (χ1n) is 9.58. The molecular formula is C24H21N3O2. The topological polar surface area (TPSA) is 64.0 Å². The van der Waals surface area contributed by atoms with E-state index in [9.17, 15) is 9.59 Å². The van der Waals surface area contributed by atoms with E-state index in [1.807, 2.05) is 72.8 Å². The zero-order valence-corrected chi connectivity index (χ0v) is 15.9. The van der Waals surface area contributed by atoms with E-state index in [1.165, 1.54) is 10.7 Å². The van der Waals surface area contributed by atoms with Gasteiger partial charge < -0.3 is 5.32 Å². The van der Waals surface area contributed by atoms with Crippen molar-refractivity contribution in [3.63, 3.8) is 0 Å². The molecule has 0 atom stereocenters. The third kappa shape index (κ3) is 4.41. The molecule has 29 heavy (non-hydrogen) atoms. The monoisotopic (exact) mass is 383 g/mol. The van der Waals surface area contributed by atoms with Gasteiger partial charge in [-0.05, 0) is 28.8 Å². The molecule has 0 radical (unpaired) electrons. The molecule has 144 valence electrons. The Bertz CT molecular complexity index is 1190. The molecule has 3 aromatic carbocycles. The lowest BCUT2D eigenvalue weighted by atomic mass is 10.0. The van der Waals surface area contributed by atoms with Gasteiger partial charge in [0.1, 0.15) is 6.54 Å². The van der Waals surface area contributed by atoms with E-state index in [4.69, 9.17) is 0 Å². The van der Waals surface area contributed by atoms with Gasteiger partial charge >= 0.3 is 0 Å². The lowest BCUT2D eigenvalue weighted by Gasteiger charge is -2.10. The largest absolute Gasteiger partial charge is 0.354 e. The highest BCUT2D eigenvalue weighted by atomic mass is 16.2. The first kappa shape index (κ1) is 18.6. The van der Waals surface area contributed by atoms with Gasteiger partial charge in [-0.15, -0.1) is 0 Å². The summed E-state index contributed by atoms with van der Waals surface area (Å²) in [5.74, 6) is -0.231. The zero-order valence-electron chi connectivity index (χ0n) is 15.9. The summed E-state index contributed by atoms with van der Waals surface area (Å²) in [6.07, 6.45) is 0.741. The number of nitrogens with zero attached hydrogens (tertiary/aromatic N) is 2. The number of rotatable bonds is 6. The van der Waals surface area contributed by atoms with E-state index in [2.05, 4.69) is 10.4 Å². The van der Waals surface area contributed by atoms with Gasteiger partial charge in [0.25, 0.3) is 5.56 Å². The van der Waals surface area contributed by atoms with Crippen LogP contribution < -0.4 is 10.9 Å². The van der Waals surface area contributed by atoms with Crippen LogP contribution in [-0.4, -0.2) is 22.2 Å². The number of nitrogens with one attached hydrogen (secondary N) is 1. The smallest absolute Gasteiger partial charge is 0.267 e. The molecule has 5 nitrogen and oxygen atoms in total. The number of benzene rings is 3. The third-order valence-electron chi connectivity index (χ3n) is 4.80. The van der Waals surface area contributed by atoms with Crippen LogP contribution in [0, 0.1) is 0 Å². The summed E-state index contributed by atoms with van der Waals surface area (Å²) in [6, 6.07) is 27.1. The van der Waals surface area contributed by atoms with Crippen LogP contribution in [0.15, 0.2) is 89.7 Å². The summed E-state index contributed by atoms with van der Waals surface area (Å²) < 4.78 is 1.22. The zero-order chi connectivity index (χ0) is 20.1. The first-order valence-corrected chi connectivity index (χ1v) is 9.58. The Morgan fingerprint density at radius 3 is 2.48 bits per heavy atom. The molecule has 1 aromatic heterocycles. The Kier molecular flexibility index (Phi) is 5.47. The highest BCUT2D eigenvalue weighted by Crippen LogP contribution is 2.26. The highest BCUT2D eigenvalue weighted by molar-refractivity contribution is 5.95. The summed E-state index contributed by atoms with van der Waals surface area (Å²) in [5, 5.41) is 9.46. The summed E-state index contributed by atoms with van der Waals surface area (Å²) in [7, 11) is 0. The predicted octanol–water partition coefficient (Wildman–Crippen LogP) is 3.42. The van der Waals surface area contributed by atoms with Crippen molar-refractivity contribution in [3.8, 4) is 11.3 Å². The van der Waals surface area contributed by atoms with Gasteiger partial charge in [0.05, 0.1) is 5.69 Å². The van der Waals surface area contributed by atoms with Gasteiger partial charge in [-0.2, -0.15) is 5.10 Å². The van der Waals surface area contributed by atoms with Crippen molar-refractivity contribution >= 4 is 16.7 Å². The van der Waals surface area contributed by atoms with E-state index in [-0.39, 0.29) is 18.0 Å². The van der Waals surface area contributed by atoms with Crippen LogP contribution in [0.5, 0.6) is 0 Å². The molecule has 0 aliphatic rings. The Labute approximate surface area is 168 Å². The Hall–Kier alpha value is -3.73. The minimum Gasteiger partial charge on any atom is -0.354 e. The molecule has 0 unspecified atom stereocenters. The standard InChI is InChI=1S/C24H21N3O2/c28-23(25-16-15-18-7-2-1-3-8-18)17-27-24(29)14-13-22(26-27)21-12-6-10-19-9-4-5-11-20(19)21/h1-14H,15-17H2,(H,25,28). The van der Waals surface area contributed by atoms with Crippen LogP contribution in [0.25, 0.3) is 22.0 Å². The quantitative estimate of drug-likeness (QED) is 0.555. The van der Waals surface area contributed by atoms with Crippen LogP contribution in [0.3, 0.4) is 0 Å². The lowest BCUT2D eigenvalue weighted by Crippen LogP contribution is -2.34. The second-order valence-corrected chi connectivity index (χ2v) is 6.83. The van der Waals surface area contributed by atoms with Gasteiger partial charge in [0.15, 0.2) is 0 Å². The Morgan fingerprint density at radius 2 is 1.62 bits per heavy atom. The van der Waals surface area contributed by atoms with Crippen LogP contribution in [0.1, 0.15) is 5.56 Å². The van der Waals surface area contributed by atoms with Crippen LogP contribution >= 0.6 is 0 Å². The Balaban J connectivity index is 1.50. The average molecular weight is 383 g/mol. The molecule has 1 amide bonds. The summed E-state index contributed by atoms with van der Waals surface area (Å²) in [5.41, 5.74) is 2.45. The molecule has 5 heteroatoms. The number of carbonyl (C=O) groups is 1. The maximum Gasteiger partial charge on any atom is 0.267 e. The van der Waals surface area contributed by atoms with E-state index in [1.54, 1.807) is 6.07 Å². The molecule has 0 aliphatic heterocycles. The van der Waals surface area contributed by atoms with Crippen molar-refractivity contribution in [2.75, 3.05) is 6.54 Å². The second kappa shape index (κ2) is 8.52. The lowest BCUT2D eigenvalue weighted by molar-refractivity contribution is -0.121. The molecule has 4 rings (SSSR count). The van der Waals surface area contributed by atoms with Crippen molar-refractivity contribution in [2.24, 2.45) is 0 Å². The van der Waals surface area contributed by atoms with Crippen LogP contribution in [0.4, 0.5) is 0 Å². The fourth-order valence-electron chi connectivity index (χ4n) is 3.34. The van der Waals surface area contributed by atoms with E-state index in [0.717, 1.165) is 28.3 Å². The normalized spacial score (nSPS) is 10.8. The predicted molar refractivity (Wildman–Crippen MR) is 115 cm³/mol. The van der Waals surface area contributed by atoms with Gasteiger partial charge in [-0.1, -0.05) is 72.8 Å². The highest BCUT2D eigenvalue weighted by Gasteiger charge is 2.10. The molecule has 0 spiro atoms. The fourth-order valence-corrected chi connectivity index (χ4v) is 3.34. The number of hydrogen-bond acceptors (Lipinski definition) is 3. The summed E-state index contributed by atoms with van der Waals surface area (Å²) in [6.45, 7) is 0.410. The molecule has 0 saturated heterocycles.